The number of ether oxygens (including phenoxy) is 2. The van der Waals surface area contributed by atoms with Crippen LogP contribution >= 0.6 is 0 Å². The summed E-state index contributed by atoms with van der Waals surface area (Å²) in [4.78, 5) is 15.4. The van der Waals surface area contributed by atoms with Gasteiger partial charge >= 0.3 is 6.09 Å². The van der Waals surface area contributed by atoms with Crippen LogP contribution in [-0.4, -0.2) is 30.2 Å². The van der Waals surface area contributed by atoms with Gasteiger partial charge in [-0.25, -0.2) is 4.79 Å². The van der Waals surface area contributed by atoms with E-state index in [9.17, 15) is 4.79 Å². The van der Waals surface area contributed by atoms with Crippen LogP contribution in [-0.2, 0) is 11.2 Å². The summed E-state index contributed by atoms with van der Waals surface area (Å²) in [7, 11) is 1.71. The maximum Gasteiger partial charge on any atom is 0.410 e. The second-order valence-corrected chi connectivity index (χ2v) is 10.4. The van der Waals surface area contributed by atoms with Crippen LogP contribution in [0.15, 0.2) is 30.9 Å². The van der Waals surface area contributed by atoms with E-state index in [1.54, 1.807) is 7.11 Å². The third kappa shape index (κ3) is 3.06. The van der Waals surface area contributed by atoms with Gasteiger partial charge in [-0.05, 0) is 81.0 Å². The van der Waals surface area contributed by atoms with Crippen LogP contribution in [0.1, 0.15) is 70.5 Å². The minimum Gasteiger partial charge on any atom is -0.497 e. The van der Waals surface area contributed by atoms with Crippen LogP contribution in [0.25, 0.3) is 0 Å². The topological polar surface area (TPSA) is 38.8 Å². The van der Waals surface area contributed by atoms with Crippen molar-refractivity contribution >= 4 is 6.09 Å². The lowest BCUT2D eigenvalue weighted by Gasteiger charge is -2.63. The molecule has 1 saturated carbocycles. The molecule has 4 atom stereocenters. The van der Waals surface area contributed by atoms with Gasteiger partial charge in [-0.3, -0.25) is 0 Å². The minimum absolute atomic E-state index is 0.0250. The van der Waals surface area contributed by atoms with E-state index in [4.69, 9.17) is 9.47 Å². The Morgan fingerprint density at radius 1 is 1.31 bits per heavy atom. The first kappa shape index (κ1) is 20.3. The first-order chi connectivity index (χ1) is 13.6. The van der Waals surface area contributed by atoms with Gasteiger partial charge in [-0.15, -0.1) is 6.58 Å². The number of amides is 1. The number of carbonyl (C=O) groups excluding carboxylic acids is 1. The Bertz CT molecular complexity index is 826. The Kier molecular flexibility index (Phi) is 4.75. The van der Waals surface area contributed by atoms with Crippen LogP contribution in [0.5, 0.6) is 5.75 Å². The molecule has 0 radical (unpaired) electrons. The lowest BCUT2D eigenvalue weighted by molar-refractivity contribution is -0.126. The minimum atomic E-state index is -0.506. The van der Waals surface area contributed by atoms with E-state index < -0.39 is 5.60 Å². The molecule has 1 aliphatic heterocycles. The highest BCUT2D eigenvalue weighted by Crippen LogP contribution is 2.66. The average molecular weight is 398 g/mol. The Balaban J connectivity index is 1.87. The normalized spacial score (nSPS) is 33.3. The number of piperidine rings is 1. The van der Waals surface area contributed by atoms with Crippen LogP contribution in [0.4, 0.5) is 4.79 Å². The summed E-state index contributed by atoms with van der Waals surface area (Å²) in [5, 5.41) is 0. The summed E-state index contributed by atoms with van der Waals surface area (Å²) in [6.07, 6.45) is 7.57. The monoisotopic (exact) mass is 397 g/mol. The van der Waals surface area contributed by atoms with Gasteiger partial charge in [0, 0.05) is 12.0 Å². The molecule has 1 aromatic rings. The molecule has 4 rings (SSSR count). The van der Waals surface area contributed by atoms with Gasteiger partial charge in [0.2, 0.25) is 0 Å². The SMILES string of the molecule is C=CC12CCc3cc(OC)ccc3C3C1CCCC2(C)CN3C(=O)OC(C)(C)C. The molecule has 3 aliphatic rings. The van der Waals surface area contributed by atoms with Gasteiger partial charge in [0.15, 0.2) is 0 Å². The maximum atomic E-state index is 13.4. The fourth-order valence-electron chi connectivity index (χ4n) is 6.43. The molecule has 158 valence electrons. The predicted octanol–water partition coefficient (Wildman–Crippen LogP) is 5.91. The van der Waals surface area contributed by atoms with Crippen LogP contribution in [0.3, 0.4) is 0 Å². The molecule has 1 amide bonds. The Morgan fingerprint density at radius 2 is 2.07 bits per heavy atom. The number of likely N-dealkylation sites (tertiary alicyclic amines) is 1. The number of allylic oxidation sites excluding steroid dienone is 1. The van der Waals surface area contributed by atoms with Crippen molar-refractivity contribution < 1.29 is 14.3 Å². The van der Waals surface area contributed by atoms with E-state index in [0.29, 0.717) is 5.92 Å². The third-order valence-electron chi connectivity index (χ3n) is 7.73. The van der Waals surface area contributed by atoms with E-state index in [1.165, 1.54) is 17.5 Å². The number of nitrogens with zero attached hydrogens (tertiary/aromatic N) is 1. The van der Waals surface area contributed by atoms with Gasteiger partial charge < -0.3 is 14.4 Å². The fraction of sp³-hybridized carbons (Fsp3) is 0.640. The third-order valence-corrected chi connectivity index (χ3v) is 7.73. The number of rotatable bonds is 2. The number of hydrogen-bond donors (Lipinski definition) is 0. The fourth-order valence-corrected chi connectivity index (χ4v) is 6.43. The van der Waals surface area contributed by atoms with E-state index in [1.807, 2.05) is 31.7 Å². The highest BCUT2D eigenvalue weighted by atomic mass is 16.6. The van der Waals surface area contributed by atoms with Gasteiger partial charge in [-0.1, -0.05) is 25.5 Å². The van der Waals surface area contributed by atoms with E-state index >= 15 is 0 Å². The van der Waals surface area contributed by atoms with Crippen molar-refractivity contribution in [2.45, 2.75) is 71.4 Å². The molecule has 29 heavy (non-hydrogen) atoms. The van der Waals surface area contributed by atoms with Crippen LogP contribution < -0.4 is 4.74 Å². The summed E-state index contributed by atoms with van der Waals surface area (Å²) in [6, 6.07) is 6.39. The van der Waals surface area contributed by atoms with Crippen molar-refractivity contribution in [2.24, 2.45) is 16.7 Å². The number of carbonyl (C=O) groups is 1. The number of fused-ring (bicyclic) bond motifs is 2. The van der Waals surface area contributed by atoms with Crippen molar-refractivity contribution in [3.63, 3.8) is 0 Å². The molecule has 4 heteroatoms. The summed E-state index contributed by atoms with van der Waals surface area (Å²) < 4.78 is 11.4. The molecular formula is C25H35NO3. The molecule has 0 N–H and O–H groups in total. The summed E-state index contributed by atoms with van der Waals surface area (Å²) in [5.41, 5.74) is 2.11. The zero-order valence-corrected chi connectivity index (χ0v) is 18.6. The highest BCUT2D eigenvalue weighted by molar-refractivity contribution is 5.70. The van der Waals surface area contributed by atoms with E-state index in [-0.39, 0.29) is 23.0 Å². The van der Waals surface area contributed by atoms with Crippen LogP contribution in [0.2, 0.25) is 0 Å². The smallest absolute Gasteiger partial charge is 0.410 e. The lowest BCUT2D eigenvalue weighted by atomic mass is 9.47. The lowest BCUT2D eigenvalue weighted by Crippen LogP contribution is -2.62. The second kappa shape index (κ2) is 6.78. The number of methoxy groups -OCH3 is 1. The zero-order valence-electron chi connectivity index (χ0n) is 18.6. The van der Waals surface area contributed by atoms with E-state index in [2.05, 4.69) is 31.7 Å². The quantitative estimate of drug-likeness (QED) is 0.582. The summed E-state index contributed by atoms with van der Waals surface area (Å²) in [6.45, 7) is 13.2. The number of hydrogen-bond acceptors (Lipinski definition) is 3. The molecule has 2 aliphatic carbocycles. The second-order valence-electron chi connectivity index (χ2n) is 10.4. The molecule has 4 nitrogen and oxygen atoms in total. The zero-order chi connectivity index (χ0) is 21.0. The first-order valence-electron chi connectivity index (χ1n) is 10.9. The number of benzene rings is 1. The molecule has 0 spiro atoms. The Labute approximate surface area is 175 Å². The predicted molar refractivity (Wildman–Crippen MR) is 115 cm³/mol. The standard InChI is InChI=1S/C25H35NO3/c1-7-25-14-12-17-15-18(28-6)10-11-19(17)21-20(25)9-8-13-24(25,5)16-26(21)22(27)29-23(2,3)4/h7,10-11,15,20-21H,1,8-9,12-14,16H2,2-6H3. The summed E-state index contributed by atoms with van der Waals surface area (Å²) >= 11 is 0. The van der Waals surface area contributed by atoms with Gasteiger partial charge in [-0.2, -0.15) is 0 Å². The summed E-state index contributed by atoms with van der Waals surface area (Å²) in [5.74, 6) is 1.25. The van der Waals surface area contributed by atoms with Gasteiger partial charge in [0.1, 0.15) is 11.4 Å². The van der Waals surface area contributed by atoms with Crippen LogP contribution in [0, 0.1) is 16.7 Å². The largest absolute Gasteiger partial charge is 0.497 e. The Hall–Kier alpha value is -1.97. The maximum absolute atomic E-state index is 13.4. The average Bonchev–Trinajstić information content (AvgIpc) is 2.76. The number of aryl methyl sites for hydroxylation is 1. The Morgan fingerprint density at radius 3 is 2.72 bits per heavy atom. The molecular weight excluding hydrogens is 362 g/mol. The van der Waals surface area contributed by atoms with Crippen molar-refractivity contribution in [1.82, 2.24) is 4.90 Å². The van der Waals surface area contributed by atoms with Crippen molar-refractivity contribution in [1.29, 1.82) is 0 Å². The van der Waals surface area contributed by atoms with E-state index in [0.717, 1.165) is 38.0 Å². The van der Waals surface area contributed by atoms with Gasteiger partial charge in [0.25, 0.3) is 0 Å². The molecule has 0 aromatic heterocycles. The molecule has 2 fully saturated rings. The first-order valence-corrected chi connectivity index (χ1v) is 10.9. The highest BCUT2D eigenvalue weighted by Gasteiger charge is 2.62. The van der Waals surface area contributed by atoms with Gasteiger partial charge in [0.05, 0.1) is 13.2 Å². The molecule has 1 saturated heterocycles. The molecule has 1 aromatic carbocycles. The van der Waals surface area contributed by atoms with Crippen molar-refractivity contribution in [2.75, 3.05) is 13.7 Å². The van der Waals surface area contributed by atoms with Crippen molar-refractivity contribution in [3.8, 4) is 5.75 Å². The van der Waals surface area contributed by atoms with Crippen molar-refractivity contribution in [3.05, 3.63) is 42.0 Å². The molecule has 4 unspecified atom stereocenters. The molecule has 4 bridgehead atoms. The molecule has 1 heterocycles.